The van der Waals surface area contributed by atoms with E-state index in [2.05, 4.69) is 19.9 Å². The highest BCUT2D eigenvalue weighted by molar-refractivity contribution is 5.90. The highest BCUT2D eigenvalue weighted by Gasteiger charge is 2.38. The standard InChI is InChI=1S/C26H21F4N7O3/c1-13-11-37(12-18(40-13)15-6-7-32-19(9-15)39-3)25-34-20(16-5-4-14(10-31)8-17(16)27)21-22(35-25)23(38)36(2)24(33-21)26(28,29)30/h4-9,13,18H,11-12H2,1-3H3/t13-,18-/m1/s1. The molecule has 1 aromatic carbocycles. The van der Waals surface area contributed by atoms with Crippen molar-refractivity contribution in [3.8, 4) is 23.2 Å². The maximum atomic E-state index is 15.2. The van der Waals surface area contributed by atoms with Crippen LogP contribution in [0.2, 0.25) is 0 Å². The number of alkyl halides is 3. The van der Waals surface area contributed by atoms with Crippen LogP contribution in [0, 0.1) is 17.1 Å². The first kappa shape index (κ1) is 26.9. The molecule has 0 unspecified atom stereocenters. The lowest BCUT2D eigenvalue weighted by molar-refractivity contribution is -0.147. The molecular formula is C26H21F4N7O3. The Morgan fingerprint density at radius 3 is 2.58 bits per heavy atom. The molecule has 206 valence electrons. The fraction of sp³-hybridized carbons (Fsp3) is 0.308. The quantitative estimate of drug-likeness (QED) is 0.347. The third-order valence-corrected chi connectivity index (χ3v) is 6.40. The van der Waals surface area contributed by atoms with E-state index in [0.29, 0.717) is 10.4 Å². The van der Waals surface area contributed by atoms with E-state index < -0.39 is 40.5 Å². The second-order valence-corrected chi connectivity index (χ2v) is 9.15. The van der Waals surface area contributed by atoms with Crippen molar-refractivity contribution in [1.29, 1.82) is 5.26 Å². The lowest BCUT2D eigenvalue weighted by Gasteiger charge is -2.37. The highest BCUT2D eigenvalue weighted by Crippen LogP contribution is 2.34. The normalized spacial score (nSPS) is 17.6. The number of morpholine rings is 1. The van der Waals surface area contributed by atoms with Crippen molar-refractivity contribution >= 4 is 17.0 Å². The van der Waals surface area contributed by atoms with Crippen LogP contribution >= 0.6 is 0 Å². The van der Waals surface area contributed by atoms with Crippen LogP contribution in [0.15, 0.2) is 41.3 Å². The zero-order valence-electron chi connectivity index (χ0n) is 21.4. The van der Waals surface area contributed by atoms with Crippen LogP contribution in [0.25, 0.3) is 22.3 Å². The van der Waals surface area contributed by atoms with Gasteiger partial charge in [0, 0.05) is 31.4 Å². The summed E-state index contributed by atoms with van der Waals surface area (Å²) in [4.78, 5) is 31.4. The number of methoxy groups -OCH3 is 1. The average Bonchev–Trinajstić information content (AvgIpc) is 2.93. The number of aromatic nitrogens is 5. The maximum Gasteiger partial charge on any atom is 0.449 e. The molecule has 0 N–H and O–H groups in total. The molecule has 2 atom stereocenters. The van der Waals surface area contributed by atoms with Gasteiger partial charge in [-0.25, -0.2) is 24.3 Å². The first-order chi connectivity index (χ1) is 19.0. The van der Waals surface area contributed by atoms with Gasteiger partial charge in [-0.3, -0.25) is 9.36 Å². The summed E-state index contributed by atoms with van der Waals surface area (Å²) in [7, 11) is 2.42. The van der Waals surface area contributed by atoms with Gasteiger partial charge in [-0.1, -0.05) is 0 Å². The number of anilines is 1. The van der Waals surface area contributed by atoms with Gasteiger partial charge in [0.2, 0.25) is 17.7 Å². The van der Waals surface area contributed by atoms with Gasteiger partial charge >= 0.3 is 6.18 Å². The molecule has 10 nitrogen and oxygen atoms in total. The molecule has 0 bridgehead atoms. The molecule has 40 heavy (non-hydrogen) atoms. The molecule has 0 aliphatic carbocycles. The van der Waals surface area contributed by atoms with Crippen molar-refractivity contribution in [2.45, 2.75) is 25.3 Å². The highest BCUT2D eigenvalue weighted by atomic mass is 19.4. The summed E-state index contributed by atoms with van der Waals surface area (Å²) in [5, 5.41) is 9.12. The fourth-order valence-corrected chi connectivity index (χ4v) is 4.53. The first-order valence-electron chi connectivity index (χ1n) is 12.0. The van der Waals surface area contributed by atoms with Gasteiger partial charge in [0.25, 0.3) is 5.56 Å². The first-order valence-corrected chi connectivity index (χ1v) is 12.0. The molecule has 0 radical (unpaired) electrons. The zero-order valence-corrected chi connectivity index (χ0v) is 21.4. The number of hydrogen-bond donors (Lipinski definition) is 0. The number of fused-ring (bicyclic) bond motifs is 1. The molecule has 1 saturated heterocycles. The van der Waals surface area contributed by atoms with Crippen LogP contribution < -0.4 is 15.2 Å². The molecule has 0 spiro atoms. The van der Waals surface area contributed by atoms with Gasteiger partial charge in [0.1, 0.15) is 23.1 Å². The lowest BCUT2D eigenvalue weighted by Crippen LogP contribution is -2.44. The largest absolute Gasteiger partial charge is 0.481 e. The van der Waals surface area contributed by atoms with Crippen molar-refractivity contribution in [3.05, 3.63) is 69.7 Å². The van der Waals surface area contributed by atoms with E-state index in [-0.39, 0.29) is 42.0 Å². The predicted octanol–water partition coefficient (Wildman–Crippen LogP) is 3.79. The molecule has 4 aromatic rings. The van der Waals surface area contributed by atoms with Gasteiger partial charge < -0.3 is 14.4 Å². The van der Waals surface area contributed by atoms with E-state index in [1.54, 1.807) is 29.3 Å². The van der Waals surface area contributed by atoms with Crippen LogP contribution in [0.4, 0.5) is 23.5 Å². The Morgan fingerprint density at radius 2 is 1.90 bits per heavy atom. The Bertz CT molecular complexity index is 1720. The van der Waals surface area contributed by atoms with Gasteiger partial charge in [0.05, 0.1) is 31.4 Å². The summed E-state index contributed by atoms with van der Waals surface area (Å²) in [5.74, 6) is -2.05. The van der Waals surface area contributed by atoms with Gasteiger partial charge in [-0.15, -0.1) is 0 Å². The summed E-state index contributed by atoms with van der Waals surface area (Å²) in [6, 6.07) is 8.69. The SMILES string of the molecule is COc1cc([C@H]2CN(c3nc(-c4ccc(C#N)cc4F)c4nc(C(F)(F)F)n(C)c(=O)c4n3)C[C@@H](C)O2)ccn1. The topological polar surface area (TPSA) is 119 Å². The minimum atomic E-state index is -4.97. The maximum absolute atomic E-state index is 15.2. The van der Waals surface area contributed by atoms with Crippen molar-refractivity contribution in [1.82, 2.24) is 24.5 Å². The minimum absolute atomic E-state index is 0.00249. The number of halogens is 4. The number of nitrogens with zero attached hydrogens (tertiary/aromatic N) is 7. The van der Waals surface area contributed by atoms with Crippen LogP contribution in [0.3, 0.4) is 0 Å². The van der Waals surface area contributed by atoms with E-state index in [1.165, 1.54) is 19.2 Å². The van der Waals surface area contributed by atoms with E-state index in [9.17, 15) is 18.0 Å². The Balaban J connectivity index is 1.71. The van der Waals surface area contributed by atoms with E-state index in [4.69, 9.17) is 14.7 Å². The number of hydrogen-bond acceptors (Lipinski definition) is 9. The smallest absolute Gasteiger partial charge is 0.449 e. The molecular weight excluding hydrogens is 534 g/mol. The summed E-state index contributed by atoms with van der Waals surface area (Å²) < 4.78 is 68.0. The molecule has 0 amide bonds. The Labute approximate surface area is 224 Å². The molecule has 1 fully saturated rings. The summed E-state index contributed by atoms with van der Waals surface area (Å²) >= 11 is 0. The number of ether oxygens (including phenoxy) is 2. The van der Waals surface area contributed by atoms with E-state index >= 15 is 4.39 Å². The Morgan fingerprint density at radius 1 is 1.12 bits per heavy atom. The lowest BCUT2D eigenvalue weighted by atomic mass is 10.1. The summed E-state index contributed by atoms with van der Waals surface area (Å²) in [6.07, 6.45) is -4.25. The van der Waals surface area contributed by atoms with Gasteiger partial charge in [-0.2, -0.15) is 18.4 Å². The molecule has 1 aliphatic heterocycles. The predicted molar refractivity (Wildman–Crippen MR) is 134 cm³/mol. The third-order valence-electron chi connectivity index (χ3n) is 6.40. The number of nitriles is 1. The van der Waals surface area contributed by atoms with Crippen LogP contribution in [-0.4, -0.2) is 50.8 Å². The average molecular weight is 555 g/mol. The second kappa shape index (κ2) is 10.2. The number of pyridine rings is 1. The Hall–Kier alpha value is -4.64. The molecule has 5 rings (SSSR count). The van der Waals surface area contributed by atoms with Crippen molar-refractivity contribution in [2.75, 3.05) is 25.1 Å². The van der Waals surface area contributed by atoms with Gasteiger partial charge in [-0.05, 0) is 36.8 Å². The number of benzene rings is 1. The summed E-state index contributed by atoms with van der Waals surface area (Å²) in [5.41, 5.74) is -1.81. The molecule has 0 saturated carbocycles. The zero-order chi connectivity index (χ0) is 28.8. The monoisotopic (exact) mass is 555 g/mol. The van der Waals surface area contributed by atoms with Crippen LogP contribution in [0.1, 0.15) is 30.0 Å². The number of rotatable bonds is 4. The Kier molecular flexibility index (Phi) is 6.84. The van der Waals surface area contributed by atoms with Crippen LogP contribution in [0.5, 0.6) is 5.88 Å². The molecule has 14 heteroatoms. The minimum Gasteiger partial charge on any atom is -0.481 e. The van der Waals surface area contributed by atoms with Crippen LogP contribution in [-0.2, 0) is 18.0 Å². The fourth-order valence-electron chi connectivity index (χ4n) is 4.53. The van der Waals surface area contributed by atoms with E-state index in [0.717, 1.165) is 18.7 Å². The second-order valence-electron chi connectivity index (χ2n) is 9.15. The molecule has 4 heterocycles. The van der Waals surface area contributed by atoms with Crippen molar-refractivity contribution < 1.29 is 27.0 Å². The molecule has 3 aromatic heterocycles. The van der Waals surface area contributed by atoms with Gasteiger partial charge in [0.15, 0.2) is 5.52 Å². The molecule has 1 aliphatic rings. The van der Waals surface area contributed by atoms with Crippen molar-refractivity contribution in [2.24, 2.45) is 7.05 Å². The van der Waals surface area contributed by atoms with E-state index in [1.807, 2.05) is 6.92 Å². The summed E-state index contributed by atoms with van der Waals surface area (Å²) in [6.45, 7) is 2.29. The third kappa shape index (κ3) is 4.91. The van der Waals surface area contributed by atoms with Crippen molar-refractivity contribution in [3.63, 3.8) is 0 Å².